The second-order valence-electron chi connectivity index (χ2n) is 5.76. The number of nitrogens with two attached hydrogens (primary N) is 1. The predicted molar refractivity (Wildman–Crippen MR) is 82.0 cm³/mol. The van der Waals surface area contributed by atoms with E-state index in [4.69, 9.17) is 15.9 Å². The van der Waals surface area contributed by atoms with Crippen LogP contribution >= 0.6 is 0 Å². The molecule has 3 aliphatic rings. The van der Waals surface area contributed by atoms with Gasteiger partial charge in [0.25, 0.3) is 0 Å². The van der Waals surface area contributed by atoms with Crippen molar-refractivity contribution in [2.45, 2.75) is 18.4 Å². The summed E-state index contributed by atoms with van der Waals surface area (Å²) in [5.41, 5.74) is 8.92. The molecule has 4 rings (SSSR count). The van der Waals surface area contributed by atoms with Gasteiger partial charge in [0.15, 0.2) is 11.6 Å². The van der Waals surface area contributed by atoms with Gasteiger partial charge in [-0.25, -0.2) is 0 Å². The van der Waals surface area contributed by atoms with E-state index in [9.17, 15) is 0 Å². The number of rotatable bonds is 0. The van der Waals surface area contributed by atoms with Gasteiger partial charge in [-0.2, -0.15) is 0 Å². The van der Waals surface area contributed by atoms with Crippen molar-refractivity contribution in [3.63, 3.8) is 0 Å². The Balaban J connectivity index is 1.82. The van der Waals surface area contributed by atoms with E-state index >= 15 is 0 Å². The molecule has 1 atom stereocenters. The maximum atomic E-state index is 7.77. The van der Waals surface area contributed by atoms with Crippen molar-refractivity contribution in [3.8, 4) is 5.75 Å². The third-order valence-corrected chi connectivity index (χ3v) is 4.37. The van der Waals surface area contributed by atoms with Crippen molar-refractivity contribution < 1.29 is 4.74 Å². The number of nitrogens with one attached hydrogen (secondary N) is 1. The van der Waals surface area contributed by atoms with Gasteiger partial charge >= 0.3 is 0 Å². The summed E-state index contributed by atoms with van der Waals surface area (Å²) in [4.78, 5) is 1.79. The average molecular weight is 279 g/mol. The Morgan fingerprint density at radius 3 is 3.00 bits per heavy atom. The number of ether oxygens (including phenoxy) is 1. The maximum Gasteiger partial charge on any atom is 0.192 e. The van der Waals surface area contributed by atoms with Crippen LogP contribution in [0.4, 0.5) is 0 Å². The summed E-state index contributed by atoms with van der Waals surface area (Å²) >= 11 is 0. The molecule has 3 N–H and O–H groups in total. The third-order valence-electron chi connectivity index (χ3n) is 4.37. The molecule has 21 heavy (non-hydrogen) atoms. The number of guanidine groups is 1. The van der Waals surface area contributed by atoms with Crippen LogP contribution in [-0.2, 0) is 6.42 Å². The molecule has 1 aliphatic carbocycles. The quantitative estimate of drug-likeness (QED) is 0.566. The van der Waals surface area contributed by atoms with Crippen LogP contribution in [-0.4, -0.2) is 23.0 Å². The molecule has 1 spiro atoms. The van der Waals surface area contributed by atoms with E-state index in [-0.39, 0.29) is 5.96 Å². The number of allylic oxidation sites excluding steroid dienone is 3. The second-order valence-corrected chi connectivity index (χ2v) is 5.76. The SMILES string of the molecule is N=C(N)N1C=C2CC=CC=C2C2(Cc3ccccc3O2)C1. The highest BCUT2D eigenvalue weighted by Gasteiger charge is 2.47. The fourth-order valence-corrected chi connectivity index (χ4v) is 3.43. The normalized spacial score (nSPS) is 25.8. The van der Waals surface area contributed by atoms with E-state index in [1.807, 2.05) is 24.4 Å². The summed E-state index contributed by atoms with van der Waals surface area (Å²) in [5.74, 6) is 1.01. The van der Waals surface area contributed by atoms with E-state index < -0.39 is 5.60 Å². The largest absolute Gasteiger partial charge is 0.480 e. The standard InChI is InChI=1S/C17H17N3O/c18-16(19)20-10-13-6-1-3-7-14(13)17(11-20)9-12-5-2-4-8-15(12)21-17/h1-5,7-8,10H,6,9,11H2,(H3,18,19). The van der Waals surface area contributed by atoms with Crippen molar-refractivity contribution in [1.82, 2.24) is 4.90 Å². The first-order chi connectivity index (χ1) is 10.2. The second kappa shape index (κ2) is 4.25. The molecule has 4 nitrogen and oxygen atoms in total. The first-order valence-electron chi connectivity index (χ1n) is 7.14. The summed E-state index contributed by atoms with van der Waals surface area (Å²) < 4.78 is 6.35. The van der Waals surface area contributed by atoms with Crippen molar-refractivity contribution in [1.29, 1.82) is 5.41 Å². The van der Waals surface area contributed by atoms with Crippen molar-refractivity contribution >= 4 is 5.96 Å². The third kappa shape index (κ3) is 1.79. The highest BCUT2D eigenvalue weighted by Crippen LogP contribution is 2.45. The molecule has 0 bridgehead atoms. The molecule has 0 aromatic heterocycles. The summed E-state index contributed by atoms with van der Waals surface area (Å²) in [6, 6.07) is 8.16. The van der Waals surface area contributed by atoms with Crippen molar-refractivity contribution in [3.05, 3.63) is 65.4 Å². The Labute approximate surface area is 123 Å². The lowest BCUT2D eigenvalue weighted by Gasteiger charge is -2.41. The molecule has 1 aromatic rings. The molecule has 0 fully saturated rings. The van der Waals surface area contributed by atoms with E-state index in [0.29, 0.717) is 6.54 Å². The molecule has 2 heterocycles. The Morgan fingerprint density at radius 1 is 1.33 bits per heavy atom. The van der Waals surface area contributed by atoms with Gasteiger partial charge in [0.1, 0.15) is 5.75 Å². The van der Waals surface area contributed by atoms with Gasteiger partial charge < -0.3 is 15.4 Å². The summed E-state index contributed by atoms with van der Waals surface area (Å²) in [6.45, 7) is 0.584. The monoisotopic (exact) mass is 279 g/mol. The van der Waals surface area contributed by atoms with Crippen LogP contribution in [0.15, 0.2) is 59.8 Å². The summed E-state index contributed by atoms with van der Waals surface area (Å²) in [7, 11) is 0. The van der Waals surface area contributed by atoms with Crippen LogP contribution in [0, 0.1) is 5.41 Å². The first-order valence-corrected chi connectivity index (χ1v) is 7.14. The van der Waals surface area contributed by atoms with Crippen molar-refractivity contribution in [2.24, 2.45) is 5.73 Å². The minimum atomic E-state index is -0.426. The predicted octanol–water partition coefficient (Wildman–Crippen LogP) is 2.34. The molecule has 1 unspecified atom stereocenters. The smallest absolute Gasteiger partial charge is 0.192 e. The molecular weight excluding hydrogens is 262 g/mol. The number of nitrogens with zero attached hydrogens (tertiary/aromatic N) is 1. The highest BCUT2D eigenvalue weighted by molar-refractivity contribution is 5.77. The molecule has 0 saturated carbocycles. The fraction of sp³-hybridized carbons (Fsp3) is 0.235. The van der Waals surface area contributed by atoms with E-state index in [0.717, 1.165) is 18.6 Å². The number of para-hydroxylation sites is 1. The topological polar surface area (TPSA) is 62.3 Å². The van der Waals surface area contributed by atoms with Crippen LogP contribution in [0.3, 0.4) is 0 Å². The maximum absolute atomic E-state index is 7.77. The van der Waals surface area contributed by atoms with Gasteiger partial charge in [-0.05, 0) is 23.6 Å². The number of fused-ring (bicyclic) bond motifs is 3. The van der Waals surface area contributed by atoms with Gasteiger partial charge in [0, 0.05) is 18.2 Å². The Hall–Kier alpha value is -2.49. The lowest BCUT2D eigenvalue weighted by molar-refractivity contribution is 0.110. The zero-order valence-electron chi connectivity index (χ0n) is 11.7. The van der Waals surface area contributed by atoms with Crippen LogP contribution in [0.5, 0.6) is 5.75 Å². The molecular formula is C17H17N3O. The van der Waals surface area contributed by atoms with Gasteiger partial charge in [-0.3, -0.25) is 5.41 Å². The van der Waals surface area contributed by atoms with Crippen LogP contribution in [0.2, 0.25) is 0 Å². The number of hydrogen-bond donors (Lipinski definition) is 2. The molecule has 0 amide bonds. The molecule has 2 aliphatic heterocycles. The Bertz CT molecular complexity index is 690. The van der Waals surface area contributed by atoms with E-state index in [2.05, 4.69) is 24.3 Å². The number of benzene rings is 1. The fourth-order valence-electron chi connectivity index (χ4n) is 3.43. The van der Waals surface area contributed by atoms with E-state index in [1.54, 1.807) is 4.90 Å². The lowest BCUT2D eigenvalue weighted by atomic mass is 9.79. The van der Waals surface area contributed by atoms with Crippen LogP contribution in [0.25, 0.3) is 0 Å². The zero-order chi connectivity index (χ0) is 14.4. The van der Waals surface area contributed by atoms with Crippen LogP contribution < -0.4 is 10.5 Å². The van der Waals surface area contributed by atoms with Crippen LogP contribution in [0.1, 0.15) is 12.0 Å². The minimum absolute atomic E-state index is 0.0648. The first kappa shape index (κ1) is 12.3. The van der Waals surface area contributed by atoms with Gasteiger partial charge in [0.05, 0.1) is 6.54 Å². The minimum Gasteiger partial charge on any atom is -0.480 e. The molecule has 4 heteroatoms. The lowest BCUT2D eigenvalue weighted by Crippen LogP contribution is -2.53. The van der Waals surface area contributed by atoms with Gasteiger partial charge in [0.2, 0.25) is 0 Å². The number of hydrogen-bond acceptors (Lipinski definition) is 2. The summed E-state index contributed by atoms with van der Waals surface area (Å²) in [5, 5.41) is 7.77. The van der Waals surface area contributed by atoms with Gasteiger partial charge in [-0.1, -0.05) is 36.4 Å². The van der Waals surface area contributed by atoms with Gasteiger partial charge in [-0.15, -0.1) is 0 Å². The Kier molecular flexibility index (Phi) is 2.48. The Morgan fingerprint density at radius 2 is 2.19 bits per heavy atom. The highest BCUT2D eigenvalue weighted by atomic mass is 16.5. The summed E-state index contributed by atoms with van der Waals surface area (Å²) in [6.07, 6.45) is 10.0. The van der Waals surface area contributed by atoms with Crippen molar-refractivity contribution in [2.75, 3.05) is 6.54 Å². The molecule has 0 saturated heterocycles. The molecule has 106 valence electrons. The molecule has 0 radical (unpaired) electrons. The zero-order valence-corrected chi connectivity index (χ0v) is 11.7. The van der Waals surface area contributed by atoms with E-state index in [1.165, 1.54) is 16.7 Å². The molecule has 1 aromatic carbocycles. The average Bonchev–Trinajstić information content (AvgIpc) is 2.85.